The van der Waals surface area contributed by atoms with Crippen molar-refractivity contribution < 1.29 is 5.11 Å². The fourth-order valence-corrected chi connectivity index (χ4v) is 2.64. The molecule has 1 aromatic carbocycles. The van der Waals surface area contributed by atoms with Crippen molar-refractivity contribution in [1.29, 1.82) is 0 Å². The van der Waals surface area contributed by atoms with E-state index < -0.39 is 0 Å². The first kappa shape index (κ1) is 13.4. The van der Waals surface area contributed by atoms with Crippen molar-refractivity contribution in [3.8, 4) is 11.3 Å². The summed E-state index contributed by atoms with van der Waals surface area (Å²) in [6.07, 6.45) is 1.48. The van der Waals surface area contributed by atoms with Gasteiger partial charge in [0.15, 0.2) is 0 Å². The molecule has 3 nitrogen and oxygen atoms in total. The Bertz CT molecular complexity index is 579. The van der Waals surface area contributed by atoms with Crippen LogP contribution in [0.25, 0.3) is 11.3 Å². The summed E-state index contributed by atoms with van der Waals surface area (Å²) < 4.78 is 0. The number of nitrogens with two attached hydrogens (primary N) is 1. The molecule has 0 aliphatic heterocycles. The smallest absolute Gasteiger partial charge is 0.0788 e. The van der Waals surface area contributed by atoms with Gasteiger partial charge in [0, 0.05) is 16.1 Å². The Balaban J connectivity index is 2.69. The van der Waals surface area contributed by atoms with E-state index in [-0.39, 0.29) is 6.61 Å². The Labute approximate surface area is 119 Å². The molecule has 3 N–H and O–H groups in total. The van der Waals surface area contributed by atoms with Crippen LogP contribution in [0, 0.1) is 0 Å². The zero-order chi connectivity index (χ0) is 13.3. The molecule has 1 aromatic heterocycles. The van der Waals surface area contributed by atoms with Crippen molar-refractivity contribution in [1.82, 2.24) is 4.98 Å². The number of benzene rings is 1. The Morgan fingerprint density at radius 2 is 1.72 bits per heavy atom. The fourth-order valence-electron chi connectivity index (χ4n) is 1.64. The van der Waals surface area contributed by atoms with Crippen LogP contribution >= 0.6 is 34.8 Å². The van der Waals surface area contributed by atoms with Gasteiger partial charge in [0.1, 0.15) is 0 Å². The van der Waals surface area contributed by atoms with Crippen LogP contribution in [0.2, 0.25) is 15.1 Å². The van der Waals surface area contributed by atoms with Crippen molar-refractivity contribution >= 4 is 40.5 Å². The lowest BCUT2D eigenvalue weighted by molar-refractivity contribution is 0.282. The summed E-state index contributed by atoms with van der Waals surface area (Å²) in [5, 5.41) is 10.5. The molecule has 0 fully saturated rings. The SMILES string of the molecule is Nc1cnc(-c2c(Cl)cc(Cl)cc2Cl)c(CO)c1. The molecule has 0 aliphatic rings. The van der Waals surface area contributed by atoms with Gasteiger partial charge in [-0.1, -0.05) is 34.8 Å². The minimum atomic E-state index is -0.206. The van der Waals surface area contributed by atoms with Crippen LogP contribution in [-0.4, -0.2) is 10.1 Å². The Hall–Kier alpha value is -1.00. The quantitative estimate of drug-likeness (QED) is 0.887. The number of rotatable bonds is 2. The molecular weight excluding hydrogens is 295 g/mol. The normalized spacial score (nSPS) is 10.7. The van der Waals surface area contributed by atoms with Crippen LogP contribution in [0.5, 0.6) is 0 Å². The molecule has 0 bridgehead atoms. The number of anilines is 1. The number of hydrogen-bond donors (Lipinski definition) is 2. The van der Waals surface area contributed by atoms with Gasteiger partial charge in [-0.05, 0) is 18.2 Å². The Morgan fingerprint density at radius 1 is 1.11 bits per heavy atom. The van der Waals surface area contributed by atoms with Crippen LogP contribution in [0.3, 0.4) is 0 Å². The minimum absolute atomic E-state index is 0.206. The largest absolute Gasteiger partial charge is 0.397 e. The molecule has 0 radical (unpaired) electrons. The van der Waals surface area contributed by atoms with Crippen LogP contribution < -0.4 is 5.73 Å². The predicted octanol–water partition coefficient (Wildman–Crippen LogP) is 3.78. The lowest BCUT2D eigenvalue weighted by Gasteiger charge is -2.11. The molecule has 18 heavy (non-hydrogen) atoms. The van der Waals surface area contributed by atoms with Crippen LogP contribution in [0.15, 0.2) is 24.4 Å². The first-order valence-electron chi connectivity index (χ1n) is 5.03. The first-order valence-corrected chi connectivity index (χ1v) is 6.16. The van der Waals surface area contributed by atoms with Gasteiger partial charge in [0.25, 0.3) is 0 Å². The summed E-state index contributed by atoms with van der Waals surface area (Å²) in [6, 6.07) is 4.77. The second-order valence-electron chi connectivity index (χ2n) is 3.68. The van der Waals surface area contributed by atoms with E-state index in [2.05, 4.69) is 4.98 Å². The maximum atomic E-state index is 9.33. The fraction of sp³-hybridized carbons (Fsp3) is 0.0833. The summed E-state index contributed by atoms with van der Waals surface area (Å²) >= 11 is 18.1. The maximum absolute atomic E-state index is 9.33. The van der Waals surface area contributed by atoms with Gasteiger partial charge in [-0.2, -0.15) is 0 Å². The van der Waals surface area contributed by atoms with E-state index in [1.54, 1.807) is 18.2 Å². The molecule has 0 unspecified atom stereocenters. The number of nitrogen functional groups attached to an aromatic ring is 1. The molecule has 2 rings (SSSR count). The maximum Gasteiger partial charge on any atom is 0.0788 e. The second-order valence-corrected chi connectivity index (χ2v) is 4.93. The third-order valence-corrected chi connectivity index (χ3v) is 3.22. The highest BCUT2D eigenvalue weighted by atomic mass is 35.5. The van der Waals surface area contributed by atoms with Gasteiger partial charge in [0.05, 0.1) is 34.2 Å². The van der Waals surface area contributed by atoms with Crippen LogP contribution in [0.4, 0.5) is 5.69 Å². The predicted molar refractivity (Wildman–Crippen MR) is 75.0 cm³/mol. The molecule has 2 aromatic rings. The third-order valence-electron chi connectivity index (χ3n) is 2.40. The Morgan fingerprint density at radius 3 is 2.28 bits per heavy atom. The minimum Gasteiger partial charge on any atom is -0.397 e. The molecule has 0 atom stereocenters. The van der Waals surface area contributed by atoms with Gasteiger partial charge in [-0.15, -0.1) is 0 Å². The molecule has 94 valence electrons. The number of aliphatic hydroxyl groups excluding tert-OH is 1. The third kappa shape index (κ3) is 2.54. The summed E-state index contributed by atoms with van der Waals surface area (Å²) in [6.45, 7) is -0.206. The highest BCUT2D eigenvalue weighted by Gasteiger charge is 2.15. The average molecular weight is 304 g/mol. The standard InChI is InChI=1S/C12H9Cl3N2O/c13-7-2-9(14)11(10(15)3-7)12-6(5-18)1-8(16)4-17-12/h1-4,18H,5,16H2. The monoisotopic (exact) mass is 302 g/mol. The van der Waals surface area contributed by atoms with E-state index in [0.717, 1.165) is 0 Å². The molecule has 0 amide bonds. The van der Waals surface area contributed by atoms with Crippen molar-refractivity contribution in [3.63, 3.8) is 0 Å². The van der Waals surface area contributed by atoms with Crippen molar-refractivity contribution in [2.75, 3.05) is 5.73 Å². The molecular formula is C12H9Cl3N2O. The zero-order valence-corrected chi connectivity index (χ0v) is 11.4. The highest BCUT2D eigenvalue weighted by molar-refractivity contribution is 6.41. The van der Waals surface area contributed by atoms with Crippen LogP contribution in [0.1, 0.15) is 5.56 Å². The zero-order valence-electron chi connectivity index (χ0n) is 9.12. The van der Waals surface area contributed by atoms with E-state index in [1.807, 2.05) is 0 Å². The number of pyridine rings is 1. The van der Waals surface area contributed by atoms with Gasteiger partial charge in [-0.25, -0.2) is 0 Å². The summed E-state index contributed by atoms with van der Waals surface area (Å²) in [5.41, 5.74) is 7.67. The number of nitrogens with zero attached hydrogens (tertiary/aromatic N) is 1. The number of halogens is 3. The lowest BCUT2D eigenvalue weighted by Crippen LogP contribution is -1.97. The first-order chi connectivity index (χ1) is 8.52. The topological polar surface area (TPSA) is 59.1 Å². The van der Waals surface area contributed by atoms with Crippen molar-refractivity contribution in [3.05, 3.63) is 45.0 Å². The molecule has 0 spiro atoms. The molecule has 6 heteroatoms. The number of aliphatic hydroxyl groups is 1. The van der Waals surface area contributed by atoms with Gasteiger partial charge in [0.2, 0.25) is 0 Å². The highest BCUT2D eigenvalue weighted by Crippen LogP contribution is 2.38. The van der Waals surface area contributed by atoms with E-state index >= 15 is 0 Å². The van der Waals surface area contributed by atoms with Crippen molar-refractivity contribution in [2.24, 2.45) is 0 Å². The molecule has 0 saturated carbocycles. The summed E-state index contributed by atoms with van der Waals surface area (Å²) in [5.74, 6) is 0. The molecule has 0 aliphatic carbocycles. The van der Waals surface area contributed by atoms with Gasteiger partial charge < -0.3 is 10.8 Å². The van der Waals surface area contributed by atoms with Gasteiger partial charge >= 0.3 is 0 Å². The van der Waals surface area contributed by atoms with E-state index in [0.29, 0.717) is 37.6 Å². The summed E-state index contributed by atoms with van der Waals surface area (Å²) in [4.78, 5) is 4.17. The summed E-state index contributed by atoms with van der Waals surface area (Å²) in [7, 11) is 0. The van der Waals surface area contributed by atoms with E-state index in [4.69, 9.17) is 40.5 Å². The lowest BCUT2D eigenvalue weighted by atomic mass is 10.1. The number of hydrogen-bond acceptors (Lipinski definition) is 3. The van der Waals surface area contributed by atoms with E-state index in [1.165, 1.54) is 6.20 Å². The average Bonchev–Trinajstić information content (AvgIpc) is 2.29. The second kappa shape index (κ2) is 5.33. The van der Waals surface area contributed by atoms with Gasteiger partial charge in [-0.3, -0.25) is 4.98 Å². The van der Waals surface area contributed by atoms with Crippen molar-refractivity contribution in [2.45, 2.75) is 6.61 Å². The van der Waals surface area contributed by atoms with Crippen LogP contribution in [-0.2, 0) is 6.61 Å². The van der Waals surface area contributed by atoms with E-state index in [9.17, 15) is 5.11 Å². The Kier molecular flexibility index (Phi) is 3.97. The molecule has 1 heterocycles. The number of aromatic nitrogens is 1. The molecule has 0 saturated heterocycles.